The zero-order valence-corrected chi connectivity index (χ0v) is 21.7. The van der Waals surface area contributed by atoms with Crippen LogP contribution in [-0.2, 0) is 9.59 Å². The topological polar surface area (TPSA) is 122 Å². The predicted molar refractivity (Wildman–Crippen MR) is 144 cm³/mol. The minimum absolute atomic E-state index is 0.0767. The molecule has 38 heavy (non-hydrogen) atoms. The average molecular weight is 523 g/mol. The van der Waals surface area contributed by atoms with Gasteiger partial charge in [0.1, 0.15) is 0 Å². The number of nitrogens with zero attached hydrogens (tertiary/aromatic N) is 2. The molecule has 1 heterocycles. The molecule has 0 aromatic heterocycles. The van der Waals surface area contributed by atoms with Crippen LogP contribution in [0.15, 0.2) is 54.6 Å². The first-order valence-electron chi connectivity index (χ1n) is 13.6. The second-order valence-electron chi connectivity index (χ2n) is 10.2. The van der Waals surface area contributed by atoms with Crippen LogP contribution in [0.2, 0.25) is 0 Å². The summed E-state index contributed by atoms with van der Waals surface area (Å²) in [7, 11) is 0. The maximum Gasteiger partial charge on any atom is 0.404 e. The molecule has 1 aliphatic heterocycles. The Labute approximate surface area is 223 Å². The van der Waals surface area contributed by atoms with E-state index in [1.54, 1.807) is 5.48 Å². The quantitative estimate of drug-likeness (QED) is 0.292. The van der Waals surface area contributed by atoms with Gasteiger partial charge < -0.3 is 20.2 Å². The molecule has 2 aliphatic rings. The molecule has 0 spiro atoms. The number of para-hydroxylation sites is 1. The number of carboxylic acid groups (broad SMARTS) is 1. The van der Waals surface area contributed by atoms with Crippen molar-refractivity contribution in [3.8, 4) is 0 Å². The number of benzene rings is 2. The van der Waals surface area contributed by atoms with Gasteiger partial charge in [0.25, 0.3) is 5.91 Å². The normalized spacial score (nSPS) is 17.9. The van der Waals surface area contributed by atoms with Gasteiger partial charge in [0.05, 0.1) is 11.8 Å². The summed E-state index contributed by atoms with van der Waals surface area (Å²) in [5.74, 6) is -1.08. The summed E-state index contributed by atoms with van der Waals surface area (Å²) in [5.41, 5.74) is 4.48. The van der Waals surface area contributed by atoms with Crippen LogP contribution in [0, 0.1) is 5.92 Å². The molecule has 9 heteroatoms. The third-order valence-electron chi connectivity index (χ3n) is 7.93. The second-order valence-corrected chi connectivity index (χ2v) is 10.2. The van der Waals surface area contributed by atoms with Crippen molar-refractivity contribution in [2.75, 3.05) is 37.6 Å². The van der Waals surface area contributed by atoms with Gasteiger partial charge in [-0.15, -0.1) is 0 Å². The molecule has 2 aromatic carbocycles. The number of carbonyl (C=O) groups excluding carboxylic acids is 2. The fourth-order valence-electron chi connectivity index (χ4n) is 5.89. The van der Waals surface area contributed by atoms with Gasteiger partial charge >= 0.3 is 6.09 Å². The van der Waals surface area contributed by atoms with Crippen molar-refractivity contribution in [3.63, 3.8) is 0 Å². The van der Waals surface area contributed by atoms with E-state index in [2.05, 4.69) is 22.3 Å². The molecule has 1 unspecified atom stereocenters. The highest BCUT2D eigenvalue weighted by Gasteiger charge is 2.35. The van der Waals surface area contributed by atoms with E-state index in [0.29, 0.717) is 18.7 Å². The van der Waals surface area contributed by atoms with E-state index in [1.165, 1.54) is 12.1 Å². The lowest BCUT2D eigenvalue weighted by molar-refractivity contribution is -0.135. The minimum Gasteiger partial charge on any atom is -0.465 e. The fourth-order valence-corrected chi connectivity index (χ4v) is 5.89. The number of piperazine rings is 1. The molecule has 2 fully saturated rings. The van der Waals surface area contributed by atoms with E-state index in [0.717, 1.165) is 44.3 Å². The molecule has 2 atom stereocenters. The summed E-state index contributed by atoms with van der Waals surface area (Å²) in [5, 5.41) is 20.3. The third-order valence-corrected chi connectivity index (χ3v) is 7.93. The van der Waals surface area contributed by atoms with Crippen LogP contribution in [0.4, 0.5) is 10.5 Å². The Morgan fingerprint density at radius 2 is 1.50 bits per heavy atom. The van der Waals surface area contributed by atoms with Crippen LogP contribution < -0.4 is 15.7 Å². The Morgan fingerprint density at radius 1 is 0.868 bits per heavy atom. The molecule has 0 radical (unpaired) electrons. The van der Waals surface area contributed by atoms with Crippen LogP contribution >= 0.6 is 0 Å². The van der Waals surface area contributed by atoms with Crippen LogP contribution in [0.25, 0.3) is 0 Å². The van der Waals surface area contributed by atoms with Gasteiger partial charge in [0.2, 0.25) is 5.91 Å². The Morgan fingerprint density at radius 3 is 2.11 bits per heavy atom. The standard InChI is InChI=1S/C29H38N4O5/c34-27(31-38)25(15-16-30-29(36)37)21-11-13-23(14-12-21)26(22-7-3-1-4-8-22)28(35)33-19-17-32(18-20-33)24-9-5-2-6-10-24/h2,5-6,9-14,22,25-26,30,38H,1,3-4,7-8,15-20H2,(H,31,34)(H,36,37)/t25-,26?/m0/s1. The van der Waals surface area contributed by atoms with Crippen molar-refractivity contribution in [1.29, 1.82) is 0 Å². The van der Waals surface area contributed by atoms with Crippen molar-refractivity contribution < 1.29 is 24.7 Å². The molecule has 0 bridgehead atoms. The summed E-state index contributed by atoms with van der Waals surface area (Å²) in [6, 6.07) is 17.8. The lowest BCUT2D eigenvalue weighted by Crippen LogP contribution is -2.50. The molecule has 9 nitrogen and oxygen atoms in total. The lowest BCUT2D eigenvalue weighted by atomic mass is 9.75. The Kier molecular flexibility index (Phi) is 9.59. The van der Waals surface area contributed by atoms with E-state index in [1.807, 2.05) is 47.4 Å². The molecular weight excluding hydrogens is 484 g/mol. The predicted octanol–water partition coefficient (Wildman–Crippen LogP) is 3.95. The zero-order valence-electron chi connectivity index (χ0n) is 21.7. The van der Waals surface area contributed by atoms with Gasteiger partial charge in [-0.1, -0.05) is 61.7 Å². The average Bonchev–Trinajstić information content (AvgIpc) is 2.96. The van der Waals surface area contributed by atoms with Crippen molar-refractivity contribution >= 4 is 23.6 Å². The molecule has 204 valence electrons. The van der Waals surface area contributed by atoms with Gasteiger partial charge in [0, 0.05) is 38.4 Å². The number of hydrogen-bond donors (Lipinski definition) is 4. The summed E-state index contributed by atoms with van der Waals surface area (Å²) >= 11 is 0. The number of hydrogen-bond acceptors (Lipinski definition) is 5. The number of anilines is 1. The number of amides is 3. The highest BCUT2D eigenvalue weighted by molar-refractivity contribution is 5.85. The molecule has 1 saturated heterocycles. The van der Waals surface area contributed by atoms with Crippen LogP contribution in [0.5, 0.6) is 0 Å². The maximum absolute atomic E-state index is 14.0. The maximum atomic E-state index is 14.0. The first kappa shape index (κ1) is 27.4. The minimum atomic E-state index is -1.16. The molecule has 4 N–H and O–H groups in total. The Bertz CT molecular complexity index is 1060. The summed E-state index contributed by atoms with van der Waals surface area (Å²) < 4.78 is 0. The number of hydroxylamine groups is 1. The van der Waals surface area contributed by atoms with Crippen molar-refractivity contribution in [2.24, 2.45) is 5.92 Å². The van der Waals surface area contributed by atoms with E-state index in [9.17, 15) is 19.6 Å². The van der Waals surface area contributed by atoms with E-state index >= 15 is 0 Å². The van der Waals surface area contributed by atoms with E-state index < -0.39 is 17.9 Å². The van der Waals surface area contributed by atoms with E-state index in [-0.39, 0.29) is 30.7 Å². The van der Waals surface area contributed by atoms with Gasteiger partial charge in [0.15, 0.2) is 0 Å². The first-order valence-corrected chi connectivity index (χ1v) is 13.6. The molecule has 3 amide bonds. The Hall–Kier alpha value is -3.59. The molecule has 1 aliphatic carbocycles. The van der Waals surface area contributed by atoms with Gasteiger partial charge in [-0.2, -0.15) is 0 Å². The van der Waals surface area contributed by atoms with Crippen molar-refractivity contribution in [3.05, 3.63) is 65.7 Å². The highest BCUT2D eigenvalue weighted by atomic mass is 16.5. The fraction of sp³-hybridized carbons (Fsp3) is 0.483. The smallest absolute Gasteiger partial charge is 0.404 e. The second kappa shape index (κ2) is 13.3. The number of rotatable bonds is 9. The van der Waals surface area contributed by atoms with E-state index in [4.69, 9.17) is 5.11 Å². The number of carbonyl (C=O) groups is 3. The van der Waals surface area contributed by atoms with Gasteiger partial charge in [-0.3, -0.25) is 14.8 Å². The number of nitrogens with one attached hydrogen (secondary N) is 2. The Balaban J connectivity index is 1.50. The van der Waals surface area contributed by atoms with Crippen molar-refractivity contribution in [1.82, 2.24) is 15.7 Å². The van der Waals surface area contributed by atoms with Crippen LogP contribution in [-0.4, -0.2) is 65.8 Å². The van der Waals surface area contributed by atoms with Crippen LogP contribution in [0.1, 0.15) is 61.5 Å². The first-order chi connectivity index (χ1) is 18.5. The molecule has 2 aromatic rings. The van der Waals surface area contributed by atoms with Crippen LogP contribution in [0.3, 0.4) is 0 Å². The third kappa shape index (κ3) is 6.83. The zero-order chi connectivity index (χ0) is 26.9. The summed E-state index contributed by atoms with van der Waals surface area (Å²) in [6.45, 7) is 3.05. The lowest BCUT2D eigenvalue weighted by Gasteiger charge is -2.39. The highest BCUT2D eigenvalue weighted by Crippen LogP contribution is 2.38. The SMILES string of the molecule is O=C(O)NCC[C@H](C(=O)NO)c1ccc(C(C(=O)N2CCN(c3ccccc3)CC2)C2CCCCC2)cc1. The van der Waals surface area contributed by atoms with Gasteiger partial charge in [-0.05, 0) is 48.4 Å². The molecule has 1 saturated carbocycles. The van der Waals surface area contributed by atoms with Crippen molar-refractivity contribution in [2.45, 2.75) is 50.4 Å². The molecular formula is C29H38N4O5. The van der Waals surface area contributed by atoms with Gasteiger partial charge in [-0.25, -0.2) is 10.3 Å². The molecule has 4 rings (SSSR count). The summed E-state index contributed by atoms with van der Waals surface area (Å²) in [4.78, 5) is 41.4. The largest absolute Gasteiger partial charge is 0.465 e. The monoisotopic (exact) mass is 522 g/mol. The summed E-state index contributed by atoms with van der Waals surface area (Å²) in [6.07, 6.45) is 4.55.